The average Bonchev–Trinajstić information content (AvgIpc) is 2.03. The van der Waals surface area contributed by atoms with Crippen LogP contribution in [-0.2, 0) is 4.79 Å². The van der Waals surface area contributed by atoms with Crippen LogP contribution in [0.1, 0.15) is 0 Å². The molecule has 0 aliphatic carbocycles. The molecule has 0 saturated heterocycles. The summed E-state index contributed by atoms with van der Waals surface area (Å²) in [5.74, 6) is -0.404. The number of nitrogen functional groups attached to an aromatic ring is 1. The summed E-state index contributed by atoms with van der Waals surface area (Å²) < 4.78 is 0. The van der Waals surface area contributed by atoms with Gasteiger partial charge in [-0.1, -0.05) is 12.1 Å². The lowest BCUT2D eigenvalue weighted by atomic mass is 10.3. The maximum atomic E-state index is 10.4. The Morgan fingerprint density at radius 2 is 2.08 bits per heavy atom. The number of hydrogen-bond acceptors (Lipinski definition) is 3. The first-order valence-corrected chi connectivity index (χ1v) is 3.57. The number of primary amides is 1. The van der Waals surface area contributed by atoms with Crippen LogP contribution in [-0.4, -0.2) is 12.5 Å². The second-order valence-electron chi connectivity index (χ2n) is 2.41. The summed E-state index contributed by atoms with van der Waals surface area (Å²) in [6.07, 6.45) is 0. The Labute approximate surface area is 70.6 Å². The van der Waals surface area contributed by atoms with Gasteiger partial charge in [-0.2, -0.15) is 0 Å². The van der Waals surface area contributed by atoms with Crippen molar-refractivity contribution in [3.05, 3.63) is 24.3 Å². The minimum Gasteiger partial charge on any atom is -0.397 e. The van der Waals surface area contributed by atoms with Crippen LogP contribution in [0.5, 0.6) is 0 Å². The van der Waals surface area contributed by atoms with Gasteiger partial charge < -0.3 is 16.8 Å². The Balaban J connectivity index is 2.63. The fourth-order valence-electron chi connectivity index (χ4n) is 0.840. The molecule has 4 nitrogen and oxygen atoms in total. The van der Waals surface area contributed by atoms with Gasteiger partial charge in [-0.15, -0.1) is 0 Å². The number of anilines is 2. The smallest absolute Gasteiger partial charge is 0.236 e. The van der Waals surface area contributed by atoms with E-state index in [0.717, 1.165) is 5.69 Å². The molecule has 1 amide bonds. The second kappa shape index (κ2) is 3.61. The fraction of sp³-hybridized carbons (Fsp3) is 0.125. The van der Waals surface area contributed by atoms with Crippen molar-refractivity contribution in [1.82, 2.24) is 0 Å². The van der Waals surface area contributed by atoms with Crippen molar-refractivity contribution in [2.24, 2.45) is 5.73 Å². The third-order valence-electron chi connectivity index (χ3n) is 1.41. The molecule has 0 spiro atoms. The highest BCUT2D eigenvalue weighted by atomic mass is 16.1. The molecule has 0 aromatic heterocycles. The van der Waals surface area contributed by atoms with E-state index in [1.165, 1.54) is 0 Å². The topological polar surface area (TPSA) is 81.1 Å². The van der Waals surface area contributed by atoms with E-state index >= 15 is 0 Å². The van der Waals surface area contributed by atoms with Gasteiger partial charge in [0.25, 0.3) is 0 Å². The first kappa shape index (κ1) is 8.39. The van der Waals surface area contributed by atoms with Gasteiger partial charge in [-0.3, -0.25) is 4.79 Å². The fourth-order valence-corrected chi connectivity index (χ4v) is 0.840. The summed E-state index contributed by atoms with van der Waals surface area (Å²) in [4.78, 5) is 10.4. The molecule has 1 aromatic carbocycles. The van der Waals surface area contributed by atoms with Crippen LogP contribution < -0.4 is 16.8 Å². The van der Waals surface area contributed by atoms with Gasteiger partial charge in [0, 0.05) is 0 Å². The minimum absolute atomic E-state index is 0.105. The zero-order chi connectivity index (χ0) is 8.97. The molecule has 0 aliphatic rings. The van der Waals surface area contributed by atoms with Gasteiger partial charge in [0.15, 0.2) is 0 Å². The number of nitrogens with two attached hydrogens (primary N) is 2. The molecule has 12 heavy (non-hydrogen) atoms. The Morgan fingerprint density at radius 1 is 1.42 bits per heavy atom. The number of para-hydroxylation sites is 2. The van der Waals surface area contributed by atoms with Crippen molar-refractivity contribution in [2.45, 2.75) is 0 Å². The number of carbonyl (C=O) groups is 1. The van der Waals surface area contributed by atoms with E-state index in [1.54, 1.807) is 12.1 Å². The van der Waals surface area contributed by atoms with Crippen LogP contribution in [0.25, 0.3) is 0 Å². The van der Waals surface area contributed by atoms with Crippen molar-refractivity contribution >= 4 is 17.3 Å². The SMILES string of the molecule is NC(=O)CNc1ccccc1N. The first-order chi connectivity index (χ1) is 5.70. The van der Waals surface area contributed by atoms with Gasteiger partial charge in [0.2, 0.25) is 5.91 Å². The molecule has 0 saturated carbocycles. The monoisotopic (exact) mass is 165 g/mol. The van der Waals surface area contributed by atoms with Crippen molar-refractivity contribution in [3.63, 3.8) is 0 Å². The number of amides is 1. The van der Waals surface area contributed by atoms with E-state index in [0.29, 0.717) is 5.69 Å². The van der Waals surface area contributed by atoms with Crippen LogP contribution in [0.3, 0.4) is 0 Å². The predicted octanol–water partition coefficient (Wildman–Crippen LogP) is 0.166. The van der Waals surface area contributed by atoms with Gasteiger partial charge >= 0.3 is 0 Å². The average molecular weight is 165 g/mol. The highest BCUT2D eigenvalue weighted by Gasteiger charge is 1.97. The molecule has 0 radical (unpaired) electrons. The van der Waals surface area contributed by atoms with Gasteiger partial charge in [0.1, 0.15) is 0 Å². The molecule has 4 heteroatoms. The standard InChI is InChI=1S/C8H11N3O/c9-6-3-1-2-4-7(6)11-5-8(10)12/h1-4,11H,5,9H2,(H2,10,12). The molecule has 64 valence electrons. The molecular weight excluding hydrogens is 154 g/mol. The van der Waals surface area contributed by atoms with Crippen LogP contribution in [0.15, 0.2) is 24.3 Å². The Kier molecular flexibility index (Phi) is 2.53. The summed E-state index contributed by atoms with van der Waals surface area (Å²) in [7, 11) is 0. The summed E-state index contributed by atoms with van der Waals surface area (Å²) in [6, 6.07) is 7.20. The lowest BCUT2D eigenvalue weighted by Gasteiger charge is -2.05. The van der Waals surface area contributed by atoms with Crippen molar-refractivity contribution in [3.8, 4) is 0 Å². The third-order valence-corrected chi connectivity index (χ3v) is 1.41. The Hall–Kier alpha value is -1.71. The number of nitrogens with one attached hydrogen (secondary N) is 1. The summed E-state index contributed by atoms with van der Waals surface area (Å²) >= 11 is 0. The van der Waals surface area contributed by atoms with Crippen LogP contribution >= 0.6 is 0 Å². The van der Waals surface area contributed by atoms with E-state index in [-0.39, 0.29) is 6.54 Å². The summed E-state index contributed by atoms with van der Waals surface area (Å²) in [6.45, 7) is 0.105. The van der Waals surface area contributed by atoms with E-state index in [2.05, 4.69) is 5.32 Å². The van der Waals surface area contributed by atoms with Crippen LogP contribution in [0.4, 0.5) is 11.4 Å². The second-order valence-corrected chi connectivity index (χ2v) is 2.41. The molecular formula is C8H11N3O. The normalized spacial score (nSPS) is 9.33. The number of benzene rings is 1. The molecule has 1 aromatic rings. The van der Waals surface area contributed by atoms with Gasteiger partial charge in [-0.25, -0.2) is 0 Å². The molecule has 0 aliphatic heterocycles. The zero-order valence-electron chi connectivity index (χ0n) is 6.58. The largest absolute Gasteiger partial charge is 0.397 e. The van der Waals surface area contributed by atoms with E-state index < -0.39 is 5.91 Å². The molecule has 0 unspecified atom stereocenters. The number of hydrogen-bond donors (Lipinski definition) is 3. The molecule has 0 bridgehead atoms. The highest BCUT2D eigenvalue weighted by molar-refractivity contribution is 5.80. The third kappa shape index (κ3) is 2.16. The lowest BCUT2D eigenvalue weighted by Crippen LogP contribution is -2.22. The Bertz CT molecular complexity index is 285. The summed E-state index contributed by atoms with van der Waals surface area (Å²) in [5.41, 5.74) is 11.9. The minimum atomic E-state index is -0.404. The summed E-state index contributed by atoms with van der Waals surface area (Å²) in [5, 5.41) is 2.81. The predicted molar refractivity (Wildman–Crippen MR) is 48.5 cm³/mol. The maximum absolute atomic E-state index is 10.4. The molecule has 0 atom stereocenters. The van der Waals surface area contributed by atoms with E-state index in [1.807, 2.05) is 12.1 Å². The van der Waals surface area contributed by atoms with Gasteiger partial charge in [-0.05, 0) is 12.1 Å². The maximum Gasteiger partial charge on any atom is 0.236 e. The molecule has 0 heterocycles. The van der Waals surface area contributed by atoms with Crippen molar-refractivity contribution < 1.29 is 4.79 Å². The molecule has 5 N–H and O–H groups in total. The zero-order valence-corrected chi connectivity index (χ0v) is 6.58. The van der Waals surface area contributed by atoms with E-state index in [9.17, 15) is 4.79 Å². The molecule has 1 rings (SSSR count). The number of rotatable bonds is 3. The van der Waals surface area contributed by atoms with Gasteiger partial charge in [0.05, 0.1) is 17.9 Å². The van der Waals surface area contributed by atoms with E-state index in [4.69, 9.17) is 11.5 Å². The van der Waals surface area contributed by atoms with Crippen molar-refractivity contribution in [2.75, 3.05) is 17.6 Å². The van der Waals surface area contributed by atoms with Crippen molar-refractivity contribution in [1.29, 1.82) is 0 Å². The highest BCUT2D eigenvalue weighted by Crippen LogP contribution is 2.15. The van der Waals surface area contributed by atoms with Crippen LogP contribution in [0, 0.1) is 0 Å². The number of carbonyl (C=O) groups excluding carboxylic acids is 1. The first-order valence-electron chi connectivity index (χ1n) is 3.57. The quantitative estimate of drug-likeness (QED) is 0.558. The molecule has 0 fully saturated rings. The van der Waals surface area contributed by atoms with Crippen LogP contribution in [0.2, 0.25) is 0 Å². The Morgan fingerprint density at radius 3 is 2.67 bits per heavy atom. The lowest BCUT2D eigenvalue weighted by molar-refractivity contribution is -0.116.